The molecule has 0 aromatic heterocycles. The van der Waals surface area contributed by atoms with Gasteiger partial charge in [0.15, 0.2) is 0 Å². The van der Waals surface area contributed by atoms with Crippen LogP contribution in [0, 0.1) is 5.92 Å². The molecule has 0 saturated heterocycles. The second-order valence-electron chi connectivity index (χ2n) is 4.57. The fourth-order valence-corrected chi connectivity index (χ4v) is 1.95. The van der Waals surface area contributed by atoms with Crippen LogP contribution in [0.5, 0.6) is 0 Å². The second kappa shape index (κ2) is 8.43. The number of rotatable bonds is 7. The molecule has 6 heteroatoms. The summed E-state index contributed by atoms with van der Waals surface area (Å²) in [6, 6.07) is 6.92. The molecule has 0 radical (unpaired) electrons. The number of carbonyl (C=O) groups excluding carboxylic acids is 1. The van der Waals surface area contributed by atoms with Crippen LogP contribution in [-0.2, 0) is 11.3 Å². The maximum atomic E-state index is 11.6. The van der Waals surface area contributed by atoms with Crippen LogP contribution in [0.2, 0.25) is 5.02 Å². The Morgan fingerprint density at radius 3 is 2.70 bits per heavy atom. The monoisotopic (exact) mass is 298 g/mol. The van der Waals surface area contributed by atoms with Crippen molar-refractivity contribution in [2.45, 2.75) is 26.3 Å². The van der Waals surface area contributed by atoms with Crippen LogP contribution in [-0.4, -0.2) is 23.7 Å². The van der Waals surface area contributed by atoms with E-state index in [2.05, 4.69) is 10.6 Å². The number of hydrogen-bond acceptors (Lipinski definition) is 2. The summed E-state index contributed by atoms with van der Waals surface area (Å²) in [7, 11) is 0. The molecule has 0 heterocycles. The van der Waals surface area contributed by atoms with E-state index in [9.17, 15) is 9.59 Å². The first-order valence-electron chi connectivity index (χ1n) is 6.49. The van der Waals surface area contributed by atoms with Gasteiger partial charge in [-0.2, -0.15) is 0 Å². The highest BCUT2D eigenvalue weighted by molar-refractivity contribution is 6.30. The summed E-state index contributed by atoms with van der Waals surface area (Å²) in [5.41, 5.74) is 0.908. The highest BCUT2D eigenvalue weighted by atomic mass is 35.5. The van der Waals surface area contributed by atoms with Crippen molar-refractivity contribution in [2.24, 2.45) is 5.92 Å². The topological polar surface area (TPSA) is 78.4 Å². The molecule has 0 fully saturated rings. The maximum Gasteiger partial charge on any atom is 0.315 e. The normalized spacial score (nSPS) is 11.7. The lowest BCUT2D eigenvalue weighted by molar-refractivity contribution is -0.138. The van der Waals surface area contributed by atoms with Gasteiger partial charge in [-0.15, -0.1) is 0 Å². The minimum Gasteiger partial charge on any atom is -0.481 e. The van der Waals surface area contributed by atoms with Crippen LogP contribution in [0.25, 0.3) is 0 Å². The maximum absolute atomic E-state index is 11.6. The number of aliphatic carboxylic acids is 1. The van der Waals surface area contributed by atoms with E-state index in [4.69, 9.17) is 16.7 Å². The summed E-state index contributed by atoms with van der Waals surface area (Å²) in [5, 5.41) is 14.7. The molecule has 1 aromatic rings. The van der Waals surface area contributed by atoms with Crippen LogP contribution >= 0.6 is 11.6 Å². The van der Waals surface area contributed by atoms with Crippen LogP contribution in [0.3, 0.4) is 0 Å². The summed E-state index contributed by atoms with van der Waals surface area (Å²) >= 11 is 5.85. The van der Waals surface area contributed by atoms with Gasteiger partial charge in [0.05, 0.1) is 0 Å². The van der Waals surface area contributed by atoms with Crippen molar-refractivity contribution in [3.05, 3.63) is 34.9 Å². The summed E-state index contributed by atoms with van der Waals surface area (Å²) < 4.78 is 0. The summed E-state index contributed by atoms with van der Waals surface area (Å²) in [6.45, 7) is 2.63. The molecule has 1 aromatic carbocycles. The highest BCUT2D eigenvalue weighted by Gasteiger charge is 2.12. The van der Waals surface area contributed by atoms with Gasteiger partial charge in [0.2, 0.25) is 0 Å². The lowest BCUT2D eigenvalue weighted by Crippen LogP contribution is -2.38. The molecule has 3 N–H and O–H groups in total. The van der Waals surface area contributed by atoms with Gasteiger partial charge in [-0.25, -0.2) is 4.79 Å². The number of halogens is 1. The number of nitrogens with one attached hydrogen (secondary N) is 2. The lowest BCUT2D eigenvalue weighted by Gasteiger charge is -2.14. The molecule has 0 aliphatic rings. The van der Waals surface area contributed by atoms with E-state index < -0.39 is 5.97 Å². The molecule has 0 bridgehead atoms. The lowest BCUT2D eigenvalue weighted by atomic mass is 10.0. The standard InChI is InChI=1S/C14H19ClN2O3/c1-2-10(7-13(18)19)8-16-14(20)17-9-11-4-3-5-12(15)6-11/h3-6,10H,2,7-9H2,1H3,(H,18,19)(H2,16,17,20). The molecule has 5 nitrogen and oxygen atoms in total. The number of carbonyl (C=O) groups is 2. The second-order valence-corrected chi connectivity index (χ2v) is 5.00. The Hall–Kier alpha value is -1.75. The van der Waals surface area contributed by atoms with Crippen LogP contribution < -0.4 is 10.6 Å². The van der Waals surface area contributed by atoms with E-state index in [0.29, 0.717) is 24.5 Å². The predicted octanol–water partition coefficient (Wildman–Crippen LogP) is 2.64. The van der Waals surface area contributed by atoms with Gasteiger partial charge < -0.3 is 15.7 Å². The molecule has 20 heavy (non-hydrogen) atoms. The zero-order valence-corrected chi connectivity index (χ0v) is 12.1. The molecule has 0 spiro atoms. The molecule has 110 valence electrons. The van der Waals surface area contributed by atoms with Crippen molar-refractivity contribution in [1.82, 2.24) is 10.6 Å². The van der Waals surface area contributed by atoms with Crippen LogP contribution in [0.15, 0.2) is 24.3 Å². The van der Waals surface area contributed by atoms with Gasteiger partial charge in [-0.05, 0) is 23.6 Å². The van der Waals surface area contributed by atoms with E-state index in [1.54, 1.807) is 12.1 Å². The molecule has 0 aliphatic carbocycles. The third-order valence-electron chi connectivity index (χ3n) is 2.93. The van der Waals surface area contributed by atoms with Gasteiger partial charge in [-0.1, -0.05) is 37.1 Å². The van der Waals surface area contributed by atoms with Crippen molar-refractivity contribution in [3.8, 4) is 0 Å². The minimum absolute atomic E-state index is 0.0515. The quantitative estimate of drug-likeness (QED) is 0.724. The van der Waals surface area contributed by atoms with Crippen molar-refractivity contribution < 1.29 is 14.7 Å². The molecule has 1 rings (SSSR count). The average molecular weight is 299 g/mol. The van der Waals surface area contributed by atoms with Gasteiger partial charge in [0.25, 0.3) is 0 Å². The van der Waals surface area contributed by atoms with E-state index in [-0.39, 0.29) is 18.4 Å². The number of carboxylic acid groups (broad SMARTS) is 1. The van der Waals surface area contributed by atoms with Crippen molar-refractivity contribution in [3.63, 3.8) is 0 Å². The zero-order valence-electron chi connectivity index (χ0n) is 11.4. The number of hydrogen-bond donors (Lipinski definition) is 3. The minimum atomic E-state index is -0.849. The average Bonchev–Trinajstić information content (AvgIpc) is 2.40. The number of urea groups is 1. The third kappa shape index (κ3) is 6.43. The number of carboxylic acids is 1. The first-order valence-corrected chi connectivity index (χ1v) is 6.87. The molecular weight excluding hydrogens is 280 g/mol. The Kier molecular flexibility index (Phi) is 6.87. The Morgan fingerprint density at radius 2 is 2.10 bits per heavy atom. The van der Waals surface area contributed by atoms with Crippen LogP contribution in [0.1, 0.15) is 25.3 Å². The number of benzene rings is 1. The Bertz CT molecular complexity index is 465. The van der Waals surface area contributed by atoms with E-state index in [1.165, 1.54) is 0 Å². The smallest absolute Gasteiger partial charge is 0.315 e. The van der Waals surface area contributed by atoms with E-state index >= 15 is 0 Å². The molecule has 0 aliphatic heterocycles. The Morgan fingerprint density at radius 1 is 1.35 bits per heavy atom. The van der Waals surface area contributed by atoms with Crippen molar-refractivity contribution >= 4 is 23.6 Å². The highest BCUT2D eigenvalue weighted by Crippen LogP contribution is 2.10. The summed E-state index contributed by atoms with van der Waals surface area (Å²) in [5.74, 6) is -0.901. The van der Waals surface area contributed by atoms with E-state index in [1.807, 2.05) is 19.1 Å². The first kappa shape index (κ1) is 16.3. The Labute approximate surface area is 123 Å². The predicted molar refractivity (Wildman–Crippen MR) is 77.7 cm³/mol. The van der Waals surface area contributed by atoms with Crippen molar-refractivity contribution in [1.29, 1.82) is 0 Å². The summed E-state index contributed by atoms with van der Waals surface area (Å²) in [6.07, 6.45) is 0.770. The number of amides is 2. The van der Waals surface area contributed by atoms with E-state index in [0.717, 1.165) is 5.56 Å². The third-order valence-corrected chi connectivity index (χ3v) is 3.17. The van der Waals surface area contributed by atoms with Gasteiger partial charge >= 0.3 is 12.0 Å². The van der Waals surface area contributed by atoms with Crippen molar-refractivity contribution in [2.75, 3.05) is 6.54 Å². The SMILES string of the molecule is CCC(CNC(=O)NCc1cccc(Cl)c1)CC(=O)O. The molecule has 2 amide bonds. The fraction of sp³-hybridized carbons (Fsp3) is 0.429. The molecule has 0 saturated carbocycles. The van der Waals surface area contributed by atoms with Crippen LogP contribution in [0.4, 0.5) is 4.79 Å². The fourth-order valence-electron chi connectivity index (χ4n) is 1.74. The summed E-state index contributed by atoms with van der Waals surface area (Å²) in [4.78, 5) is 22.2. The largest absolute Gasteiger partial charge is 0.481 e. The van der Waals surface area contributed by atoms with Gasteiger partial charge in [0, 0.05) is 24.5 Å². The molecular formula is C14H19ClN2O3. The van der Waals surface area contributed by atoms with Gasteiger partial charge in [0.1, 0.15) is 0 Å². The van der Waals surface area contributed by atoms with Gasteiger partial charge in [-0.3, -0.25) is 4.79 Å². The Balaban J connectivity index is 2.31. The zero-order chi connectivity index (χ0) is 15.0. The molecule has 1 atom stereocenters. The first-order chi connectivity index (χ1) is 9.51. The molecule has 1 unspecified atom stereocenters.